The molecule has 1 aromatic heterocycles. The highest BCUT2D eigenvalue weighted by Crippen LogP contribution is 2.35. The first-order chi connectivity index (χ1) is 9.06. The molecule has 0 aliphatic heterocycles. The zero-order valence-corrected chi connectivity index (χ0v) is 11.9. The lowest BCUT2D eigenvalue weighted by atomic mass is 10.1. The summed E-state index contributed by atoms with van der Waals surface area (Å²) in [5, 5.41) is 0.712. The second-order valence-electron chi connectivity index (χ2n) is 4.14. The Kier molecular flexibility index (Phi) is 4.14. The summed E-state index contributed by atoms with van der Waals surface area (Å²) in [5.41, 5.74) is 1.35. The number of carbonyl (C=O) groups is 1. The van der Waals surface area contributed by atoms with Gasteiger partial charge in [0.15, 0.2) is 0 Å². The molecule has 1 aromatic carbocycles. The molecule has 0 amide bonds. The molecule has 0 radical (unpaired) electrons. The van der Waals surface area contributed by atoms with Crippen LogP contribution in [-0.4, -0.2) is 18.8 Å². The molecule has 0 bridgehead atoms. The summed E-state index contributed by atoms with van der Waals surface area (Å²) in [6.45, 7) is 3.88. The zero-order valence-electron chi connectivity index (χ0n) is 11.1. The normalized spacial score (nSPS) is 10.9. The van der Waals surface area contributed by atoms with Crippen LogP contribution >= 0.6 is 11.8 Å². The van der Waals surface area contributed by atoms with E-state index in [9.17, 15) is 9.18 Å². The minimum atomic E-state index is -0.338. The molecule has 0 aliphatic carbocycles. The van der Waals surface area contributed by atoms with Crippen LogP contribution in [0.2, 0.25) is 0 Å². The van der Waals surface area contributed by atoms with Crippen LogP contribution in [0.25, 0.3) is 11.0 Å². The summed E-state index contributed by atoms with van der Waals surface area (Å²) in [6.07, 6.45) is 1.94. The maximum atomic E-state index is 13.5. The van der Waals surface area contributed by atoms with Crippen LogP contribution in [0.5, 0.6) is 0 Å². The number of hydrogen-bond donors (Lipinski definition) is 0. The number of halogens is 1. The first kappa shape index (κ1) is 13.9. The first-order valence-corrected chi connectivity index (χ1v) is 7.20. The number of aryl methyl sites for hydroxylation is 1. The fourth-order valence-electron chi connectivity index (χ4n) is 2.04. The molecule has 5 heteroatoms. The van der Waals surface area contributed by atoms with Gasteiger partial charge in [0.1, 0.15) is 23.6 Å². The molecule has 1 heterocycles. The van der Waals surface area contributed by atoms with E-state index in [2.05, 4.69) is 0 Å². The van der Waals surface area contributed by atoms with Gasteiger partial charge >= 0.3 is 5.97 Å². The number of hydrogen-bond acceptors (Lipinski definition) is 4. The maximum Gasteiger partial charge on any atom is 0.313 e. The van der Waals surface area contributed by atoms with Gasteiger partial charge < -0.3 is 9.15 Å². The third kappa shape index (κ3) is 2.76. The molecule has 2 aromatic rings. The van der Waals surface area contributed by atoms with Gasteiger partial charge in [-0.3, -0.25) is 4.79 Å². The Balaban J connectivity index is 2.50. The average molecular weight is 282 g/mol. The van der Waals surface area contributed by atoms with Crippen molar-refractivity contribution in [3.05, 3.63) is 29.3 Å². The van der Waals surface area contributed by atoms with Gasteiger partial charge in [0.2, 0.25) is 0 Å². The molecule has 0 atom stereocenters. The number of furan rings is 1. The summed E-state index contributed by atoms with van der Waals surface area (Å²) < 4.78 is 24.1. The van der Waals surface area contributed by atoms with E-state index in [1.165, 1.54) is 23.9 Å². The predicted octanol–water partition coefficient (Wildman–Crippen LogP) is 3.71. The average Bonchev–Trinajstić information content (AvgIpc) is 2.67. The summed E-state index contributed by atoms with van der Waals surface area (Å²) in [4.78, 5) is 12.3. The first-order valence-electron chi connectivity index (χ1n) is 5.98. The zero-order chi connectivity index (χ0) is 14.0. The molecular formula is C14H15FO3S. The summed E-state index contributed by atoms with van der Waals surface area (Å²) >= 11 is 1.44. The van der Waals surface area contributed by atoms with Crippen molar-refractivity contribution in [2.45, 2.75) is 25.2 Å². The minimum absolute atomic E-state index is 0.0692. The quantitative estimate of drug-likeness (QED) is 0.633. The van der Waals surface area contributed by atoms with E-state index < -0.39 is 0 Å². The summed E-state index contributed by atoms with van der Waals surface area (Å²) in [7, 11) is 0. The van der Waals surface area contributed by atoms with E-state index >= 15 is 0 Å². The van der Waals surface area contributed by atoms with Crippen LogP contribution in [0.3, 0.4) is 0 Å². The third-order valence-electron chi connectivity index (χ3n) is 2.78. The monoisotopic (exact) mass is 282 g/mol. The van der Waals surface area contributed by atoms with E-state index in [0.29, 0.717) is 23.3 Å². The number of rotatable bonds is 4. The molecule has 102 valence electrons. The van der Waals surface area contributed by atoms with E-state index in [1.54, 1.807) is 13.8 Å². The van der Waals surface area contributed by atoms with Crippen LogP contribution < -0.4 is 0 Å². The Bertz CT molecular complexity index is 619. The minimum Gasteiger partial charge on any atom is -0.466 e. The molecular weight excluding hydrogens is 267 g/mol. The van der Waals surface area contributed by atoms with Crippen LogP contribution in [0.1, 0.15) is 18.2 Å². The van der Waals surface area contributed by atoms with Crippen molar-refractivity contribution in [3.8, 4) is 0 Å². The van der Waals surface area contributed by atoms with E-state index in [4.69, 9.17) is 9.15 Å². The van der Waals surface area contributed by atoms with E-state index in [1.807, 2.05) is 6.26 Å². The molecule has 19 heavy (non-hydrogen) atoms. The fraction of sp³-hybridized carbons (Fsp3) is 0.357. The molecule has 0 aliphatic rings. The van der Waals surface area contributed by atoms with Gasteiger partial charge in [-0.2, -0.15) is 0 Å². The second-order valence-corrected chi connectivity index (χ2v) is 4.96. The highest BCUT2D eigenvalue weighted by atomic mass is 32.2. The molecule has 0 saturated heterocycles. The van der Waals surface area contributed by atoms with Gasteiger partial charge in [-0.1, -0.05) is 0 Å². The maximum absolute atomic E-state index is 13.5. The van der Waals surface area contributed by atoms with E-state index in [-0.39, 0.29) is 18.2 Å². The predicted molar refractivity (Wildman–Crippen MR) is 73.0 cm³/mol. The van der Waals surface area contributed by atoms with Crippen LogP contribution in [0, 0.1) is 12.7 Å². The van der Waals surface area contributed by atoms with Crippen molar-refractivity contribution in [1.29, 1.82) is 0 Å². The van der Waals surface area contributed by atoms with Gasteiger partial charge in [0, 0.05) is 5.39 Å². The third-order valence-corrected chi connectivity index (χ3v) is 3.63. The Labute approximate surface area is 115 Å². The van der Waals surface area contributed by atoms with Crippen molar-refractivity contribution >= 4 is 28.7 Å². The van der Waals surface area contributed by atoms with Crippen LogP contribution in [-0.2, 0) is 16.0 Å². The molecule has 3 nitrogen and oxygen atoms in total. The molecule has 2 rings (SSSR count). The standard InChI is InChI=1S/C14H15FO3S/c1-4-17-12(16)7-11-14(19-3)10-6-9(15)5-8(2)13(10)18-11/h5-6H,4,7H2,1-3H3. The molecule has 0 unspecified atom stereocenters. The Hall–Kier alpha value is -1.49. The van der Waals surface area contributed by atoms with Gasteiger partial charge in [0.25, 0.3) is 0 Å². The van der Waals surface area contributed by atoms with Gasteiger partial charge in [-0.15, -0.1) is 11.8 Å². The highest BCUT2D eigenvalue weighted by molar-refractivity contribution is 7.98. The van der Waals surface area contributed by atoms with Crippen molar-refractivity contribution in [2.75, 3.05) is 12.9 Å². The number of benzene rings is 1. The topological polar surface area (TPSA) is 39.4 Å². The van der Waals surface area contributed by atoms with Crippen molar-refractivity contribution in [1.82, 2.24) is 0 Å². The molecule has 0 fully saturated rings. The molecule has 0 spiro atoms. The second kappa shape index (κ2) is 5.65. The Morgan fingerprint density at radius 2 is 2.21 bits per heavy atom. The number of fused-ring (bicyclic) bond motifs is 1. The van der Waals surface area contributed by atoms with E-state index in [0.717, 1.165) is 10.5 Å². The largest absolute Gasteiger partial charge is 0.466 e. The van der Waals surface area contributed by atoms with Crippen molar-refractivity contribution in [3.63, 3.8) is 0 Å². The number of thioether (sulfide) groups is 1. The summed E-state index contributed by atoms with van der Waals surface area (Å²) in [6, 6.07) is 2.86. The van der Waals surface area contributed by atoms with Crippen molar-refractivity contribution in [2.24, 2.45) is 0 Å². The SMILES string of the molecule is CCOC(=O)Cc1oc2c(C)cc(F)cc2c1SC. The number of ether oxygens (including phenoxy) is 1. The lowest BCUT2D eigenvalue weighted by molar-refractivity contribution is -0.142. The number of esters is 1. The highest BCUT2D eigenvalue weighted by Gasteiger charge is 2.19. The summed E-state index contributed by atoms with van der Waals surface area (Å²) in [5.74, 6) is -0.103. The van der Waals surface area contributed by atoms with Crippen LogP contribution in [0.15, 0.2) is 21.4 Å². The Morgan fingerprint density at radius 3 is 2.84 bits per heavy atom. The van der Waals surface area contributed by atoms with Gasteiger partial charge in [0.05, 0.1) is 11.5 Å². The fourth-order valence-corrected chi connectivity index (χ4v) is 2.75. The van der Waals surface area contributed by atoms with Crippen LogP contribution in [0.4, 0.5) is 4.39 Å². The lowest BCUT2D eigenvalue weighted by Gasteiger charge is -2.00. The van der Waals surface area contributed by atoms with Crippen molar-refractivity contribution < 1.29 is 18.3 Å². The lowest BCUT2D eigenvalue weighted by Crippen LogP contribution is -2.07. The van der Waals surface area contributed by atoms with Gasteiger partial charge in [-0.25, -0.2) is 4.39 Å². The van der Waals surface area contributed by atoms with Gasteiger partial charge in [-0.05, 0) is 37.8 Å². The smallest absolute Gasteiger partial charge is 0.313 e. The number of carbonyl (C=O) groups excluding carboxylic acids is 1. The molecule has 0 N–H and O–H groups in total. The Morgan fingerprint density at radius 1 is 1.47 bits per heavy atom. The molecule has 0 saturated carbocycles.